The summed E-state index contributed by atoms with van der Waals surface area (Å²) in [5, 5.41) is 12.2. The zero-order chi connectivity index (χ0) is 14.2. The quantitative estimate of drug-likeness (QED) is 0.823. The second kappa shape index (κ2) is 7.35. The predicted octanol–water partition coefficient (Wildman–Crippen LogP) is 1.06. The number of carbonyl (C=O) groups is 1. The van der Waals surface area contributed by atoms with Crippen molar-refractivity contribution in [2.45, 2.75) is 6.42 Å². The van der Waals surface area contributed by atoms with E-state index in [2.05, 4.69) is 15.3 Å². The largest absolute Gasteiger partial charge is 0.396 e. The number of nitrogens with one attached hydrogen (secondary N) is 1. The number of aliphatic hydroxyl groups excluding tert-OH is 1. The average Bonchev–Trinajstić information content (AvgIpc) is 2.53. The number of aromatic nitrogens is 2. The van der Waals surface area contributed by atoms with Crippen molar-refractivity contribution in [3.63, 3.8) is 0 Å². The van der Waals surface area contributed by atoms with E-state index >= 15 is 0 Å². The zero-order valence-electron chi connectivity index (χ0n) is 11.1. The van der Waals surface area contributed by atoms with Crippen molar-refractivity contribution < 1.29 is 9.90 Å². The highest BCUT2D eigenvalue weighted by Crippen LogP contribution is 2.05. The summed E-state index contributed by atoms with van der Waals surface area (Å²) in [7, 11) is 0. The molecule has 2 rings (SSSR count). The molecule has 104 valence electrons. The smallest absolute Gasteiger partial charge is 0.252 e. The highest BCUT2D eigenvalue weighted by Gasteiger charge is 2.12. The molecule has 2 N–H and O–H groups in total. The summed E-state index contributed by atoms with van der Waals surface area (Å²) >= 11 is 0. The van der Waals surface area contributed by atoms with Gasteiger partial charge in [0.05, 0.1) is 5.56 Å². The lowest BCUT2D eigenvalue weighted by Gasteiger charge is -2.14. The predicted molar refractivity (Wildman–Crippen MR) is 75.1 cm³/mol. The topological polar surface area (TPSA) is 75.1 Å². The number of hydrogen-bond acceptors (Lipinski definition) is 4. The zero-order valence-corrected chi connectivity index (χ0v) is 11.1. The van der Waals surface area contributed by atoms with Crippen LogP contribution in [0, 0.1) is 5.92 Å². The molecule has 0 saturated carbocycles. The van der Waals surface area contributed by atoms with E-state index < -0.39 is 0 Å². The van der Waals surface area contributed by atoms with Crippen molar-refractivity contribution in [3.05, 3.63) is 60.2 Å². The van der Waals surface area contributed by atoms with Gasteiger partial charge in [-0.1, -0.05) is 6.07 Å². The van der Waals surface area contributed by atoms with Crippen LogP contribution in [0.3, 0.4) is 0 Å². The second-order valence-electron chi connectivity index (χ2n) is 4.53. The first-order chi connectivity index (χ1) is 9.79. The Bertz CT molecular complexity index is 531. The van der Waals surface area contributed by atoms with E-state index in [-0.39, 0.29) is 18.4 Å². The Balaban J connectivity index is 1.86. The van der Waals surface area contributed by atoms with Crippen molar-refractivity contribution in [3.8, 4) is 0 Å². The third-order valence-electron chi connectivity index (χ3n) is 2.96. The van der Waals surface area contributed by atoms with E-state index in [0.717, 1.165) is 5.69 Å². The minimum atomic E-state index is -0.183. The van der Waals surface area contributed by atoms with Crippen LogP contribution >= 0.6 is 0 Å². The van der Waals surface area contributed by atoms with Gasteiger partial charge in [-0.3, -0.25) is 14.8 Å². The van der Waals surface area contributed by atoms with Gasteiger partial charge >= 0.3 is 0 Å². The van der Waals surface area contributed by atoms with Crippen LogP contribution in [-0.4, -0.2) is 34.1 Å². The number of carbonyl (C=O) groups excluding carboxylic acids is 1. The van der Waals surface area contributed by atoms with Gasteiger partial charge in [-0.05, 0) is 30.7 Å². The highest BCUT2D eigenvalue weighted by molar-refractivity contribution is 5.93. The maximum atomic E-state index is 11.9. The number of hydrogen-bond donors (Lipinski definition) is 2. The Kier molecular flexibility index (Phi) is 5.20. The maximum absolute atomic E-state index is 11.9. The molecule has 0 saturated heterocycles. The summed E-state index contributed by atoms with van der Waals surface area (Å²) in [6.45, 7) is 0.407. The molecule has 0 bridgehead atoms. The monoisotopic (exact) mass is 271 g/mol. The lowest BCUT2D eigenvalue weighted by atomic mass is 10.0. The Morgan fingerprint density at radius 2 is 2.15 bits per heavy atom. The third-order valence-corrected chi connectivity index (χ3v) is 2.96. The molecular weight excluding hydrogens is 254 g/mol. The van der Waals surface area contributed by atoms with Crippen LogP contribution in [0.2, 0.25) is 0 Å². The highest BCUT2D eigenvalue weighted by atomic mass is 16.3. The van der Waals surface area contributed by atoms with Gasteiger partial charge in [0.2, 0.25) is 0 Å². The number of amides is 1. The molecule has 20 heavy (non-hydrogen) atoms. The molecular formula is C15H17N3O2. The van der Waals surface area contributed by atoms with Gasteiger partial charge in [0.25, 0.3) is 5.91 Å². The molecule has 1 amide bonds. The summed E-state index contributed by atoms with van der Waals surface area (Å²) in [4.78, 5) is 20.0. The average molecular weight is 271 g/mol. The fraction of sp³-hybridized carbons (Fsp3) is 0.267. The van der Waals surface area contributed by atoms with Gasteiger partial charge in [-0.15, -0.1) is 0 Å². The Morgan fingerprint density at radius 3 is 2.80 bits per heavy atom. The van der Waals surface area contributed by atoms with E-state index in [1.165, 1.54) is 6.20 Å². The van der Waals surface area contributed by atoms with Crippen LogP contribution in [-0.2, 0) is 6.42 Å². The number of aliphatic hydroxyl groups is 1. The van der Waals surface area contributed by atoms with Gasteiger partial charge in [0.1, 0.15) is 0 Å². The SMILES string of the molecule is O=C(NCC(CO)Cc1ccccn1)c1cccnc1. The van der Waals surface area contributed by atoms with Crippen molar-refractivity contribution in [2.24, 2.45) is 5.92 Å². The fourth-order valence-corrected chi connectivity index (χ4v) is 1.85. The van der Waals surface area contributed by atoms with Crippen molar-refractivity contribution >= 4 is 5.91 Å². The first kappa shape index (κ1) is 14.1. The fourth-order valence-electron chi connectivity index (χ4n) is 1.85. The maximum Gasteiger partial charge on any atom is 0.252 e. The molecule has 1 unspecified atom stereocenters. The molecule has 2 aromatic rings. The standard InChI is InChI=1S/C15H17N3O2/c19-11-12(8-14-5-1-2-7-17-14)9-18-15(20)13-4-3-6-16-10-13/h1-7,10,12,19H,8-9,11H2,(H,18,20). The van der Waals surface area contributed by atoms with Crippen molar-refractivity contribution in [2.75, 3.05) is 13.2 Å². The normalized spacial score (nSPS) is 11.8. The molecule has 5 heteroatoms. The summed E-state index contributed by atoms with van der Waals surface area (Å²) in [6.07, 6.45) is 5.49. The molecule has 0 radical (unpaired) electrons. The van der Waals surface area contributed by atoms with E-state index in [9.17, 15) is 9.90 Å². The van der Waals surface area contributed by atoms with Gasteiger partial charge in [0, 0.05) is 43.4 Å². The van der Waals surface area contributed by atoms with Crippen molar-refractivity contribution in [1.29, 1.82) is 0 Å². The van der Waals surface area contributed by atoms with E-state index in [4.69, 9.17) is 0 Å². The van der Waals surface area contributed by atoms with E-state index in [0.29, 0.717) is 18.5 Å². The molecule has 5 nitrogen and oxygen atoms in total. The number of rotatable bonds is 6. The van der Waals surface area contributed by atoms with E-state index in [1.54, 1.807) is 24.5 Å². The first-order valence-electron chi connectivity index (χ1n) is 6.48. The van der Waals surface area contributed by atoms with Gasteiger partial charge in [-0.25, -0.2) is 0 Å². The summed E-state index contributed by atoms with van der Waals surface area (Å²) < 4.78 is 0. The minimum absolute atomic E-state index is 0.00386. The molecule has 2 heterocycles. The van der Waals surface area contributed by atoms with Gasteiger partial charge in [-0.2, -0.15) is 0 Å². The Hall–Kier alpha value is -2.27. The van der Waals surface area contributed by atoms with Crippen LogP contribution in [0.1, 0.15) is 16.1 Å². The third kappa shape index (κ3) is 4.13. The lowest BCUT2D eigenvalue weighted by Crippen LogP contribution is -2.32. The number of pyridine rings is 2. The Labute approximate surface area is 117 Å². The van der Waals surface area contributed by atoms with Crippen LogP contribution in [0.5, 0.6) is 0 Å². The summed E-state index contributed by atoms with van der Waals surface area (Å²) in [5.41, 5.74) is 1.42. The van der Waals surface area contributed by atoms with Gasteiger partial charge < -0.3 is 10.4 Å². The molecule has 0 aliphatic rings. The molecule has 0 fully saturated rings. The minimum Gasteiger partial charge on any atom is -0.396 e. The molecule has 2 aromatic heterocycles. The molecule has 0 aromatic carbocycles. The van der Waals surface area contributed by atoms with Crippen LogP contribution in [0.4, 0.5) is 0 Å². The number of nitrogens with zero attached hydrogens (tertiary/aromatic N) is 2. The van der Waals surface area contributed by atoms with Crippen LogP contribution in [0.15, 0.2) is 48.9 Å². The summed E-state index contributed by atoms with van der Waals surface area (Å²) in [5.74, 6) is -0.233. The lowest BCUT2D eigenvalue weighted by molar-refractivity contribution is 0.0939. The summed E-state index contributed by atoms with van der Waals surface area (Å²) in [6, 6.07) is 9.08. The van der Waals surface area contributed by atoms with Crippen molar-refractivity contribution in [1.82, 2.24) is 15.3 Å². The Morgan fingerprint density at radius 1 is 1.25 bits per heavy atom. The van der Waals surface area contributed by atoms with E-state index in [1.807, 2.05) is 18.2 Å². The molecule has 1 atom stereocenters. The molecule has 0 spiro atoms. The molecule has 0 aliphatic carbocycles. The van der Waals surface area contributed by atoms with Gasteiger partial charge in [0.15, 0.2) is 0 Å². The molecule has 0 aliphatic heterocycles. The van der Waals surface area contributed by atoms with Crippen LogP contribution in [0.25, 0.3) is 0 Å². The second-order valence-corrected chi connectivity index (χ2v) is 4.53. The van der Waals surface area contributed by atoms with Crippen LogP contribution < -0.4 is 5.32 Å². The first-order valence-corrected chi connectivity index (χ1v) is 6.48.